The molecule has 4 nitrogen and oxygen atoms in total. The number of hydrogen-bond donors (Lipinski definition) is 1. The fourth-order valence-electron chi connectivity index (χ4n) is 2.64. The van der Waals surface area contributed by atoms with Crippen molar-refractivity contribution in [3.8, 4) is 5.75 Å². The van der Waals surface area contributed by atoms with Gasteiger partial charge in [-0.3, -0.25) is 0 Å². The van der Waals surface area contributed by atoms with Gasteiger partial charge in [0.25, 0.3) is 0 Å². The van der Waals surface area contributed by atoms with Crippen molar-refractivity contribution in [2.75, 3.05) is 13.7 Å². The second kappa shape index (κ2) is 11.1. The highest BCUT2D eigenvalue weighted by Gasteiger charge is 2.37. The first-order valence-corrected chi connectivity index (χ1v) is 9.04. The predicted molar refractivity (Wildman–Crippen MR) is 99.7 cm³/mol. The SMILES string of the molecule is C=CCCC/C=C\[C@H]1O[C@H]1C[C@@H](O)CCOCc1ccc(OC)cc1. The van der Waals surface area contributed by atoms with E-state index in [4.69, 9.17) is 14.2 Å². The fourth-order valence-corrected chi connectivity index (χ4v) is 2.64. The molecular formula is C21H30O4. The van der Waals surface area contributed by atoms with E-state index in [1.54, 1.807) is 7.11 Å². The number of ether oxygens (including phenoxy) is 3. The molecule has 1 aliphatic rings. The molecule has 2 rings (SSSR count). The smallest absolute Gasteiger partial charge is 0.118 e. The Kier molecular flexibility index (Phi) is 8.73. The van der Waals surface area contributed by atoms with Crippen molar-refractivity contribution in [1.82, 2.24) is 0 Å². The predicted octanol–water partition coefficient (Wildman–Crippen LogP) is 4.03. The van der Waals surface area contributed by atoms with Gasteiger partial charge in [-0.05, 0) is 43.4 Å². The number of methoxy groups -OCH3 is 1. The van der Waals surface area contributed by atoms with E-state index in [9.17, 15) is 5.11 Å². The molecule has 1 saturated heterocycles. The van der Waals surface area contributed by atoms with Crippen LogP contribution in [0.4, 0.5) is 0 Å². The standard InChI is InChI=1S/C21H30O4/c1-3-4-5-6-7-8-20-21(25-20)15-18(22)13-14-24-16-17-9-11-19(23-2)12-10-17/h3,7-12,18,20-22H,1,4-6,13-16H2,2H3/b8-7-/t18-,20+,21-/m0/s1. The number of rotatable bonds is 13. The molecule has 3 atom stereocenters. The van der Waals surface area contributed by atoms with Gasteiger partial charge in [-0.1, -0.05) is 30.4 Å². The van der Waals surface area contributed by atoms with Crippen molar-refractivity contribution in [3.63, 3.8) is 0 Å². The highest BCUT2D eigenvalue weighted by Crippen LogP contribution is 2.28. The Morgan fingerprint density at radius 2 is 2.08 bits per heavy atom. The first-order chi connectivity index (χ1) is 12.2. The molecular weight excluding hydrogens is 316 g/mol. The zero-order valence-corrected chi connectivity index (χ0v) is 15.1. The summed E-state index contributed by atoms with van der Waals surface area (Å²) in [5.74, 6) is 0.841. The van der Waals surface area contributed by atoms with E-state index >= 15 is 0 Å². The Hall–Kier alpha value is -1.62. The largest absolute Gasteiger partial charge is 0.497 e. The average Bonchev–Trinajstić information content (AvgIpc) is 3.36. The van der Waals surface area contributed by atoms with Gasteiger partial charge in [0.15, 0.2) is 0 Å². The monoisotopic (exact) mass is 346 g/mol. The Labute approximate surface area is 151 Å². The van der Waals surface area contributed by atoms with Gasteiger partial charge in [-0.2, -0.15) is 0 Å². The fraction of sp³-hybridized carbons (Fsp3) is 0.524. The maximum atomic E-state index is 10.1. The molecule has 4 heteroatoms. The molecule has 0 spiro atoms. The summed E-state index contributed by atoms with van der Waals surface area (Å²) >= 11 is 0. The number of hydrogen-bond acceptors (Lipinski definition) is 4. The Morgan fingerprint density at radius 3 is 2.80 bits per heavy atom. The zero-order chi connectivity index (χ0) is 17.9. The zero-order valence-electron chi connectivity index (χ0n) is 15.1. The number of aliphatic hydroxyl groups is 1. The van der Waals surface area contributed by atoms with Gasteiger partial charge in [0.1, 0.15) is 11.9 Å². The number of aliphatic hydroxyl groups excluding tert-OH is 1. The third-order valence-corrected chi connectivity index (χ3v) is 4.25. The van der Waals surface area contributed by atoms with Gasteiger partial charge >= 0.3 is 0 Å². The summed E-state index contributed by atoms with van der Waals surface area (Å²) < 4.78 is 16.3. The molecule has 1 aromatic carbocycles. The summed E-state index contributed by atoms with van der Waals surface area (Å²) in [6.45, 7) is 4.81. The van der Waals surface area contributed by atoms with E-state index in [0.717, 1.165) is 30.6 Å². The highest BCUT2D eigenvalue weighted by molar-refractivity contribution is 5.26. The van der Waals surface area contributed by atoms with Crippen LogP contribution in [-0.4, -0.2) is 37.1 Å². The van der Waals surface area contributed by atoms with Crippen molar-refractivity contribution in [1.29, 1.82) is 0 Å². The molecule has 25 heavy (non-hydrogen) atoms. The molecule has 0 aromatic heterocycles. The van der Waals surface area contributed by atoms with E-state index in [1.807, 2.05) is 30.3 Å². The van der Waals surface area contributed by atoms with Crippen molar-refractivity contribution >= 4 is 0 Å². The maximum Gasteiger partial charge on any atom is 0.118 e. The van der Waals surface area contributed by atoms with Gasteiger partial charge in [-0.15, -0.1) is 6.58 Å². The molecule has 0 amide bonds. The Morgan fingerprint density at radius 1 is 1.28 bits per heavy atom. The van der Waals surface area contributed by atoms with Gasteiger partial charge in [-0.25, -0.2) is 0 Å². The minimum Gasteiger partial charge on any atom is -0.497 e. The van der Waals surface area contributed by atoms with E-state index in [1.165, 1.54) is 0 Å². The van der Waals surface area contributed by atoms with Gasteiger partial charge < -0.3 is 19.3 Å². The average molecular weight is 346 g/mol. The van der Waals surface area contributed by atoms with Crippen LogP contribution in [0.1, 0.15) is 37.7 Å². The summed E-state index contributed by atoms with van der Waals surface area (Å²) in [5.41, 5.74) is 1.10. The molecule has 1 N–H and O–H groups in total. The summed E-state index contributed by atoms with van der Waals surface area (Å²) in [6.07, 6.45) is 10.7. The van der Waals surface area contributed by atoms with Crippen LogP contribution < -0.4 is 4.74 Å². The third-order valence-electron chi connectivity index (χ3n) is 4.25. The van der Waals surface area contributed by atoms with Crippen LogP contribution >= 0.6 is 0 Å². The Balaban J connectivity index is 1.51. The molecule has 1 aromatic rings. The lowest BCUT2D eigenvalue weighted by Gasteiger charge is -2.09. The van der Waals surface area contributed by atoms with Crippen molar-refractivity contribution in [2.45, 2.75) is 57.0 Å². The van der Waals surface area contributed by atoms with Crippen LogP contribution in [-0.2, 0) is 16.1 Å². The lowest BCUT2D eigenvalue weighted by atomic mass is 10.1. The van der Waals surface area contributed by atoms with Crippen LogP contribution in [0.5, 0.6) is 5.75 Å². The third kappa shape index (κ3) is 7.86. The summed E-state index contributed by atoms with van der Waals surface area (Å²) in [4.78, 5) is 0. The van der Waals surface area contributed by atoms with Crippen LogP contribution in [0.3, 0.4) is 0 Å². The molecule has 138 valence electrons. The first-order valence-electron chi connectivity index (χ1n) is 9.04. The van der Waals surface area contributed by atoms with Crippen LogP contribution in [0, 0.1) is 0 Å². The summed E-state index contributed by atoms with van der Waals surface area (Å²) in [6, 6.07) is 7.81. The van der Waals surface area contributed by atoms with Crippen LogP contribution in [0.25, 0.3) is 0 Å². The topological polar surface area (TPSA) is 51.2 Å². The van der Waals surface area contributed by atoms with E-state index < -0.39 is 0 Å². The number of benzene rings is 1. The number of allylic oxidation sites excluding steroid dienone is 2. The molecule has 0 aliphatic carbocycles. The van der Waals surface area contributed by atoms with Gasteiger partial charge in [0, 0.05) is 13.0 Å². The molecule has 0 unspecified atom stereocenters. The van der Waals surface area contributed by atoms with Gasteiger partial charge in [0.2, 0.25) is 0 Å². The second-order valence-corrected chi connectivity index (χ2v) is 6.37. The minimum atomic E-state index is -0.375. The quantitative estimate of drug-likeness (QED) is 0.333. The van der Waals surface area contributed by atoms with E-state index in [0.29, 0.717) is 26.1 Å². The molecule has 0 radical (unpaired) electrons. The van der Waals surface area contributed by atoms with Crippen molar-refractivity contribution in [2.24, 2.45) is 0 Å². The maximum absolute atomic E-state index is 10.1. The van der Waals surface area contributed by atoms with Crippen molar-refractivity contribution in [3.05, 3.63) is 54.6 Å². The second-order valence-electron chi connectivity index (χ2n) is 6.37. The molecule has 1 heterocycles. The highest BCUT2D eigenvalue weighted by atomic mass is 16.6. The van der Waals surface area contributed by atoms with Crippen LogP contribution in [0.15, 0.2) is 49.1 Å². The first kappa shape index (κ1) is 19.7. The minimum absolute atomic E-state index is 0.159. The molecule has 1 fully saturated rings. The van der Waals surface area contributed by atoms with E-state index in [2.05, 4.69) is 18.7 Å². The number of epoxide rings is 1. The summed E-state index contributed by atoms with van der Waals surface area (Å²) in [7, 11) is 1.65. The summed E-state index contributed by atoms with van der Waals surface area (Å²) in [5, 5.41) is 10.1. The lowest BCUT2D eigenvalue weighted by molar-refractivity contribution is 0.0667. The van der Waals surface area contributed by atoms with Crippen LogP contribution in [0.2, 0.25) is 0 Å². The lowest BCUT2D eigenvalue weighted by Crippen LogP contribution is -2.14. The Bertz CT molecular complexity index is 523. The molecule has 0 saturated carbocycles. The van der Waals surface area contributed by atoms with Gasteiger partial charge in [0.05, 0.1) is 25.9 Å². The molecule has 0 bridgehead atoms. The van der Waals surface area contributed by atoms with E-state index in [-0.39, 0.29) is 18.3 Å². The number of unbranched alkanes of at least 4 members (excludes halogenated alkanes) is 2. The van der Waals surface area contributed by atoms with Crippen molar-refractivity contribution < 1.29 is 19.3 Å². The molecule has 1 aliphatic heterocycles. The normalized spacial score (nSPS) is 20.6.